The van der Waals surface area contributed by atoms with Crippen molar-refractivity contribution in [3.63, 3.8) is 0 Å². The van der Waals surface area contributed by atoms with Crippen LogP contribution in [0.2, 0.25) is 0 Å². The molecule has 0 N–H and O–H groups in total. The molecular formula is C18H17N3O2. The van der Waals surface area contributed by atoms with Gasteiger partial charge in [-0.05, 0) is 25.8 Å². The van der Waals surface area contributed by atoms with Gasteiger partial charge in [-0.25, -0.2) is 4.98 Å². The van der Waals surface area contributed by atoms with Crippen LogP contribution in [0.3, 0.4) is 0 Å². The lowest BCUT2D eigenvalue weighted by atomic mass is 10.0. The van der Waals surface area contributed by atoms with Crippen molar-refractivity contribution in [3.8, 4) is 11.3 Å². The van der Waals surface area contributed by atoms with Crippen molar-refractivity contribution < 1.29 is 9.32 Å². The Morgan fingerprint density at radius 1 is 1.17 bits per heavy atom. The molecule has 5 nitrogen and oxygen atoms in total. The van der Waals surface area contributed by atoms with Crippen molar-refractivity contribution in [1.29, 1.82) is 0 Å². The van der Waals surface area contributed by atoms with Gasteiger partial charge in [0.1, 0.15) is 5.69 Å². The zero-order valence-corrected chi connectivity index (χ0v) is 13.0. The first kappa shape index (κ1) is 13.9. The number of hydrogen-bond donors (Lipinski definition) is 0. The zero-order chi connectivity index (χ0) is 15.8. The Labute approximate surface area is 133 Å². The fraction of sp³-hybridized carbons (Fsp3) is 0.278. The number of hydrogen-bond acceptors (Lipinski definition) is 4. The molecule has 3 heterocycles. The molecule has 2 aromatic heterocycles. The number of carbonyl (C=O) groups excluding carboxylic acids is 1. The molecule has 5 heteroatoms. The van der Waals surface area contributed by atoms with Crippen molar-refractivity contribution in [2.45, 2.75) is 19.8 Å². The van der Waals surface area contributed by atoms with E-state index < -0.39 is 0 Å². The molecule has 0 aliphatic carbocycles. The molecule has 116 valence electrons. The molecule has 0 atom stereocenters. The van der Waals surface area contributed by atoms with E-state index in [9.17, 15) is 4.79 Å². The summed E-state index contributed by atoms with van der Waals surface area (Å²) in [5, 5.41) is 4.88. The second-order valence-corrected chi connectivity index (χ2v) is 5.89. The second kappa shape index (κ2) is 5.50. The van der Waals surface area contributed by atoms with Crippen LogP contribution in [0.5, 0.6) is 0 Å². The molecule has 0 radical (unpaired) electrons. The number of carbonyl (C=O) groups is 1. The highest BCUT2D eigenvalue weighted by atomic mass is 16.5. The van der Waals surface area contributed by atoms with E-state index in [1.54, 1.807) is 0 Å². The lowest BCUT2D eigenvalue weighted by Gasteiger charge is -2.16. The summed E-state index contributed by atoms with van der Waals surface area (Å²) in [5.41, 5.74) is 3.42. The minimum absolute atomic E-state index is 0.0402. The van der Waals surface area contributed by atoms with Gasteiger partial charge in [0.2, 0.25) is 0 Å². The summed E-state index contributed by atoms with van der Waals surface area (Å²) in [6.45, 7) is 3.49. The van der Waals surface area contributed by atoms with Crippen LogP contribution < -0.4 is 0 Å². The van der Waals surface area contributed by atoms with Crippen molar-refractivity contribution in [2.75, 3.05) is 13.1 Å². The third kappa shape index (κ3) is 2.38. The van der Waals surface area contributed by atoms with Crippen LogP contribution in [0.15, 0.2) is 40.9 Å². The topological polar surface area (TPSA) is 59.2 Å². The minimum Gasteiger partial charge on any atom is -0.339 e. The molecule has 1 fully saturated rings. The average molecular weight is 307 g/mol. The fourth-order valence-corrected chi connectivity index (χ4v) is 3.13. The van der Waals surface area contributed by atoms with E-state index in [4.69, 9.17) is 4.52 Å². The zero-order valence-electron chi connectivity index (χ0n) is 13.0. The van der Waals surface area contributed by atoms with Crippen molar-refractivity contribution in [3.05, 3.63) is 47.7 Å². The lowest BCUT2D eigenvalue weighted by molar-refractivity contribution is 0.0794. The Bertz CT molecular complexity index is 865. The number of fused-ring (bicyclic) bond motifs is 1. The average Bonchev–Trinajstić information content (AvgIpc) is 3.24. The van der Waals surface area contributed by atoms with Gasteiger partial charge in [0.25, 0.3) is 11.6 Å². The summed E-state index contributed by atoms with van der Waals surface area (Å²) in [7, 11) is 0. The number of nitrogens with zero attached hydrogens (tertiary/aromatic N) is 3. The second-order valence-electron chi connectivity index (χ2n) is 5.89. The van der Waals surface area contributed by atoms with Crippen LogP contribution in [0, 0.1) is 6.92 Å². The standard InChI is InChI=1S/C18H17N3O2/c1-12-11-14(18(22)21-9-5-6-10-21)15-16(20-23-17(15)19-12)13-7-3-2-4-8-13/h2-4,7-8,11H,5-6,9-10H2,1H3. The highest BCUT2D eigenvalue weighted by Crippen LogP contribution is 2.31. The van der Waals surface area contributed by atoms with E-state index in [0.29, 0.717) is 22.4 Å². The Morgan fingerprint density at radius 2 is 1.91 bits per heavy atom. The summed E-state index contributed by atoms with van der Waals surface area (Å²) in [6, 6.07) is 11.6. The Hall–Kier alpha value is -2.69. The van der Waals surface area contributed by atoms with E-state index >= 15 is 0 Å². The fourth-order valence-electron chi connectivity index (χ4n) is 3.13. The molecule has 1 aliphatic heterocycles. The summed E-state index contributed by atoms with van der Waals surface area (Å²) >= 11 is 0. The van der Waals surface area contributed by atoms with Crippen LogP contribution in [-0.2, 0) is 0 Å². The minimum atomic E-state index is 0.0402. The van der Waals surface area contributed by atoms with Crippen LogP contribution >= 0.6 is 0 Å². The van der Waals surface area contributed by atoms with E-state index in [0.717, 1.165) is 37.2 Å². The van der Waals surface area contributed by atoms with Crippen molar-refractivity contribution >= 4 is 17.0 Å². The molecule has 0 bridgehead atoms. The van der Waals surface area contributed by atoms with Gasteiger partial charge >= 0.3 is 0 Å². The van der Waals surface area contributed by atoms with E-state index in [1.807, 2.05) is 48.2 Å². The Kier molecular flexibility index (Phi) is 3.33. The largest absolute Gasteiger partial charge is 0.339 e. The number of aryl methyl sites for hydroxylation is 1. The van der Waals surface area contributed by atoms with Gasteiger partial charge in [-0.1, -0.05) is 35.5 Å². The number of amides is 1. The van der Waals surface area contributed by atoms with Gasteiger partial charge in [0.15, 0.2) is 0 Å². The van der Waals surface area contributed by atoms with Crippen molar-refractivity contribution in [1.82, 2.24) is 15.0 Å². The van der Waals surface area contributed by atoms with Gasteiger partial charge in [0.05, 0.1) is 10.9 Å². The number of benzene rings is 1. The Balaban J connectivity index is 1.92. The van der Waals surface area contributed by atoms with Gasteiger partial charge in [-0.3, -0.25) is 4.79 Å². The van der Waals surface area contributed by atoms with Crippen LogP contribution in [0.25, 0.3) is 22.4 Å². The van der Waals surface area contributed by atoms with Crippen molar-refractivity contribution in [2.24, 2.45) is 0 Å². The monoisotopic (exact) mass is 307 g/mol. The first-order chi connectivity index (χ1) is 11.2. The molecule has 3 aromatic rings. The molecule has 1 amide bonds. The third-order valence-electron chi connectivity index (χ3n) is 4.25. The number of aromatic nitrogens is 2. The van der Waals surface area contributed by atoms with Gasteiger partial charge < -0.3 is 9.42 Å². The predicted molar refractivity (Wildman–Crippen MR) is 87.1 cm³/mol. The first-order valence-corrected chi connectivity index (χ1v) is 7.86. The van der Waals surface area contributed by atoms with Crippen LogP contribution in [-0.4, -0.2) is 34.0 Å². The molecular weight excluding hydrogens is 290 g/mol. The predicted octanol–water partition coefficient (Wildman–Crippen LogP) is 3.43. The number of pyridine rings is 1. The molecule has 23 heavy (non-hydrogen) atoms. The SMILES string of the molecule is Cc1cc(C(=O)N2CCCC2)c2c(-c3ccccc3)noc2n1. The third-order valence-corrected chi connectivity index (χ3v) is 4.25. The quantitative estimate of drug-likeness (QED) is 0.727. The maximum absolute atomic E-state index is 12.9. The maximum Gasteiger partial charge on any atom is 0.259 e. The molecule has 4 rings (SSSR count). The first-order valence-electron chi connectivity index (χ1n) is 7.86. The highest BCUT2D eigenvalue weighted by molar-refractivity contribution is 6.09. The molecule has 0 saturated carbocycles. The summed E-state index contributed by atoms with van der Waals surface area (Å²) in [6.07, 6.45) is 2.13. The van der Waals surface area contributed by atoms with E-state index in [2.05, 4.69) is 10.1 Å². The van der Waals surface area contributed by atoms with E-state index in [1.165, 1.54) is 0 Å². The van der Waals surface area contributed by atoms with Gasteiger partial charge in [-0.15, -0.1) is 0 Å². The Morgan fingerprint density at radius 3 is 2.65 bits per heavy atom. The molecule has 1 saturated heterocycles. The highest BCUT2D eigenvalue weighted by Gasteiger charge is 2.25. The van der Waals surface area contributed by atoms with E-state index in [-0.39, 0.29) is 5.91 Å². The lowest BCUT2D eigenvalue weighted by Crippen LogP contribution is -2.27. The number of likely N-dealkylation sites (tertiary alicyclic amines) is 1. The number of rotatable bonds is 2. The van der Waals surface area contributed by atoms with Gasteiger partial charge in [-0.2, -0.15) is 0 Å². The molecule has 1 aromatic carbocycles. The molecule has 0 unspecified atom stereocenters. The smallest absolute Gasteiger partial charge is 0.259 e. The summed E-state index contributed by atoms with van der Waals surface area (Å²) in [5.74, 6) is 0.0402. The summed E-state index contributed by atoms with van der Waals surface area (Å²) in [4.78, 5) is 19.2. The molecule has 1 aliphatic rings. The maximum atomic E-state index is 12.9. The van der Waals surface area contributed by atoms with Crippen LogP contribution in [0.1, 0.15) is 28.9 Å². The summed E-state index contributed by atoms with van der Waals surface area (Å²) < 4.78 is 5.41. The van der Waals surface area contributed by atoms with Gasteiger partial charge in [0, 0.05) is 24.3 Å². The molecule has 0 spiro atoms. The van der Waals surface area contributed by atoms with Crippen LogP contribution in [0.4, 0.5) is 0 Å². The normalized spacial score (nSPS) is 14.6.